The number of halogens is 10. The molecule has 0 aliphatic carbocycles. The summed E-state index contributed by atoms with van der Waals surface area (Å²) < 4.78 is 117. The van der Waals surface area contributed by atoms with Gasteiger partial charge in [0.25, 0.3) is 0 Å². The second-order valence-corrected chi connectivity index (χ2v) is 5.23. The van der Waals surface area contributed by atoms with Gasteiger partial charge in [0.2, 0.25) is 0 Å². The lowest BCUT2D eigenvalue weighted by molar-refractivity contribution is -0.400. The monoisotopic (exact) mass is 396 g/mol. The molecule has 0 saturated carbocycles. The van der Waals surface area contributed by atoms with E-state index in [9.17, 15) is 39.5 Å². The Kier molecular flexibility index (Phi) is 4.52. The molecule has 2 nitrogen and oxygen atoms in total. The van der Waals surface area contributed by atoms with Crippen LogP contribution in [-0.4, -0.2) is 28.2 Å². The number of hydrogen-bond acceptors (Lipinski definition) is 1. The zero-order chi connectivity index (χ0) is 19.3. The fraction of sp³-hybridized carbons (Fsp3) is 0.308. The van der Waals surface area contributed by atoms with Gasteiger partial charge in [0.1, 0.15) is 11.4 Å². The van der Waals surface area contributed by atoms with Gasteiger partial charge >= 0.3 is 23.9 Å². The Morgan fingerprint density at radius 3 is 1.80 bits per heavy atom. The zero-order valence-electron chi connectivity index (χ0n) is 11.6. The van der Waals surface area contributed by atoms with Gasteiger partial charge in [-0.15, -0.1) is 0 Å². The predicted octanol–water partition coefficient (Wildman–Crippen LogP) is 5.65. The maximum atomic E-state index is 13.9. The number of nitrogens with one attached hydrogen (secondary N) is 1. The van der Waals surface area contributed by atoms with Crippen LogP contribution in [0.2, 0.25) is 5.02 Å². The van der Waals surface area contributed by atoms with Gasteiger partial charge in [-0.2, -0.15) is 44.6 Å². The number of nitrogens with zero attached hydrogens (tertiary/aromatic N) is 1. The third-order valence-corrected chi connectivity index (χ3v) is 3.58. The van der Waals surface area contributed by atoms with Crippen LogP contribution in [0.4, 0.5) is 39.5 Å². The van der Waals surface area contributed by atoms with Gasteiger partial charge in [0.15, 0.2) is 0 Å². The maximum absolute atomic E-state index is 13.9. The van der Waals surface area contributed by atoms with E-state index in [2.05, 4.69) is 5.10 Å². The number of hydrogen-bond donors (Lipinski definition) is 1. The van der Waals surface area contributed by atoms with Crippen molar-refractivity contribution in [3.8, 4) is 11.3 Å². The second-order valence-electron chi connectivity index (χ2n) is 4.85. The third-order valence-electron chi connectivity index (χ3n) is 3.21. The lowest BCUT2D eigenvalue weighted by atomic mass is 10.0. The van der Waals surface area contributed by atoms with Crippen LogP contribution in [0.3, 0.4) is 0 Å². The normalized spacial score (nSPS) is 14.0. The van der Waals surface area contributed by atoms with Crippen molar-refractivity contribution in [1.82, 2.24) is 10.2 Å². The summed E-state index contributed by atoms with van der Waals surface area (Å²) in [4.78, 5) is 0. The Hall–Kier alpha value is -1.91. The standard InChI is InChI=1S/C13H6ClF9N2/c14-7-8(6-4-2-1-3-5-6)24-25-9(7)10(15,16)11(17,18)12(19,20)13(21,22)23/h1-5H,(H,24,25). The summed E-state index contributed by atoms with van der Waals surface area (Å²) in [5, 5.41) is 3.34. The van der Waals surface area contributed by atoms with E-state index >= 15 is 0 Å². The highest BCUT2D eigenvalue weighted by Gasteiger charge is 2.82. The fourth-order valence-electron chi connectivity index (χ4n) is 1.86. The molecule has 0 radical (unpaired) electrons. The molecule has 138 valence electrons. The molecule has 0 aliphatic rings. The summed E-state index contributed by atoms with van der Waals surface area (Å²) in [5.41, 5.74) is -2.51. The molecule has 0 aliphatic heterocycles. The lowest BCUT2D eigenvalue weighted by Gasteiger charge is -2.33. The number of benzene rings is 1. The third kappa shape index (κ3) is 2.83. The van der Waals surface area contributed by atoms with Crippen LogP contribution < -0.4 is 0 Å². The molecule has 0 fully saturated rings. The summed E-state index contributed by atoms with van der Waals surface area (Å²) in [5.74, 6) is -19.8. The van der Waals surface area contributed by atoms with Crippen molar-refractivity contribution < 1.29 is 39.5 Å². The first-order chi connectivity index (χ1) is 11.2. The Bertz CT molecular complexity index is 753. The SMILES string of the molecule is FC(F)(F)C(F)(F)C(F)(F)C(F)(F)c1[nH]nc(-c2ccccc2)c1Cl. The average Bonchev–Trinajstić information content (AvgIpc) is 2.89. The highest BCUT2D eigenvalue weighted by molar-refractivity contribution is 6.33. The smallest absolute Gasteiger partial charge is 0.274 e. The highest BCUT2D eigenvalue weighted by atomic mass is 35.5. The van der Waals surface area contributed by atoms with Crippen molar-refractivity contribution in [1.29, 1.82) is 0 Å². The predicted molar refractivity (Wildman–Crippen MR) is 68.9 cm³/mol. The number of rotatable bonds is 4. The van der Waals surface area contributed by atoms with Gasteiger partial charge < -0.3 is 0 Å². The second kappa shape index (κ2) is 5.82. The Morgan fingerprint density at radius 2 is 1.32 bits per heavy atom. The van der Waals surface area contributed by atoms with Gasteiger partial charge in [-0.3, -0.25) is 5.10 Å². The quantitative estimate of drug-likeness (QED) is 0.664. The molecular weight excluding hydrogens is 391 g/mol. The molecule has 1 N–H and O–H groups in total. The van der Waals surface area contributed by atoms with E-state index in [0.29, 0.717) is 0 Å². The van der Waals surface area contributed by atoms with E-state index < -0.39 is 40.4 Å². The van der Waals surface area contributed by atoms with Crippen LogP contribution in [-0.2, 0) is 5.92 Å². The first kappa shape index (κ1) is 19.4. The number of alkyl halides is 9. The summed E-state index contributed by atoms with van der Waals surface area (Å²) in [6.45, 7) is 0. The summed E-state index contributed by atoms with van der Waals surface area (Å²) in [7, 11) is 0. The molecule has 1 heterocycles. The van der Waals surface area contributed by atoms with Crippen LogP contribution in [0.15, 0.2) is 30.3 Å². The minimum absolute atomic E-state index is 0.0525. The van der Waals surface area contributed by atoms with Crippen LogP contribution in [0.1, 0.15) is 5.69 Å². The summed E-state index contributed by atoms with van der Waals surface area (Å²) in [6, 6.07) is 6.89. The van der Waals surface area contributed by atoms with Crippen molar-refractivity contribution >= 4 is 11.6 Å². The Balaban J connectivity index is 2.56. The van der Waals surface area contributed by atoms with Crippen molar-refractivity contribution in [3.05, 3.63) is 41.0 Å². The zero-order valence-corrected chi connectivity index (χ0v) is 12.4. The molecule has 0 atom stereocenters. The Morgan fingerprint density at radius 1 is 0.800 bits per heavy atom. The molecule has 0 unspecified atom stereocenters. The van der Waals surface area contributed by atoms with E-state index in [-0.39, 0.29) is 5.56 Å². The largest absolute Gasteiger partial charge is 0.460 e. The maximum Gasteiger partial charge on any atom is 0.460 e. The average molecular weight is 397 g/mol. The Labute approximate surface area is 138 Å². The van der Waals surface area contributed by atoms with Crippen molar-refractivity contribution in [2.24, 2.45) is 0 Å². The molecule has 2 aromatic rings. The van der Waals surface area contributed by atoms with Crippen LogP contribution in [0.5, 0.6) is 0 Å². The summed E-state index contributed by atoms with van der Waals surface area (Å²) in [6.07, 6.45) is -6.91. The van der Waals surface area contributed by atoms with Crippen LogP contribution in [0, 0.1) is 0 Å². The van der Waals surface area contributed by atoms with Crippen LogP contribution >= 0.6 is 11.6 Å². The minimum Gasteiger partial charge on any atom is -0.274 e. The van der Waals surface area contributed by atoms with Crippen LogP contribution in [0.25, 0.3) is 11.3 Å². The van der Waals surface area contributed by atoms with E-state index in [1.54, 1.807) is 0 Å². The van der Waals surface area contributed by atoms with Crippen molar-refractivity contribution in [2.75, 3.05) is 0 Å². The molecule has 12 heteroatoms. The number of aromatic amines is 1. The van der Waals surface area contributed by atoms with Gasteiger partial charge in [-0.1, -0.05) is 41.9 Å². The fourth-order valence-corrected chi connectivity index (χ4v) is 2.17. The van der Waals surface area contributed by atoms with E-state index in [4.69, 9.17) is 11.6 Å². The van der Waals surface area contributed by atoms with Crippen molar-refractivity contribution in [2.45, 2.75) is 23.9 Å². The van der Waals surface area contributed by atoms with E-state index in [1.807, 2.05) is 0 Å². The molecule has 0 saturated heterocycles. The molecular formula is C13H6ClF9N2. The first-order valence-electron chi connectivity index (χ1n) is 6.25. The first-order valence-corrected chi connectivity index (χ1v) is 6.63. The molecule has 0 bridgehead atoms. The minimum atomic E-state index is -7.01. The highest BCUT2D eigenvalue weighted by Crippen LogP contribution is 2.57. The lowest BCUT2D eigenvalue weighted by Crippen LogP contribution is -2.59. The number of H-pyrrole nitrogens is 1. The van der Waals surface area contributed by atoms with Gasteiger partial charge in [0.05, 0.1) is 5.02 Å². The van der Waals surface area contributed by atoms with Gasteiger partial charge in [-0.25, -0.2) is 0 Å². The molecule has 2 rings (SSSR count). The van der Waals surface area contributed by atoms with Gasteiger partial charge in [0, 0.05) is 5.56 Å². The molecule has 0 spiro atoms. The topological polar surface area (TPSA) is 28.7 Å². The van der Waals surface area contributed by atoms with E-state index in [1.165, 1.54) is 35.4 Å². The number of aromatic nitrogens is 2. The molecule has 25 heavy (non-hydrogen) atoms. The molecule has 1 aromatic carbocycles. The molecule has 0 amide bonds. The van der Waals surface area contributed by atoms with E-state index in [0.717, 1.165) is 0 Å². The summed E-state index contributed by atoms with van der Waals surface area (Å²) >= 11 is 5.48. The van der Waals surface area contributed by atoms with Crippen molar-refractivity contribution in [3.63, 3.8) is 0 Å². The van der Waals surface area contributed by atoms with Gasteiger partial charge in [-0.05, 0) is 0 Å². The molecule has 1 aromatic heterocycles.